The number of halogens is 1. The molecule has 1 aromatic rings. The largest absolute Gasteiger partial charge is 0.511 e. The van der Waals surface area contributed by atoms with E-state index in [4.69, 9.17) is 16.7 Å². The van der Waals surface area contributed by atoms with Crippen LogP contribution in [0.4, 0.5) is 0 Å². The van der Waals surface area contributed by atoms with Gasteiger partial charge in [-0.1, -0.05) is 37.6 Å². The Morgan fingerprint density at radius 1 is 1.27 bits per heavy atom. The Morgan fingerprint density at radius 2 is 1.88 bits per heavy atom. The molecule has 1 aromatic carbocycles. The number of hydrogen-bond donors (Lipinski definition) is 3. The lowest BCUT2D eigenvalue weighted by Crippen LogP contribution is -2.47. The van der Waals surface area contributed by atoms with Crippen molar-refractivity contribution in [2.24, 2.45) is 0 Å². The van der Waals surface area contributed by atoms with E-state index in [2.05, 4.69) is 5.32 Å². The summed E-state index contributed by atoms with van der Waals surface area (Å²) in [6.45, 7) is 3.91. The smallest absolute Gasteiger partial charge is 0.322 e. The number of aliphatic hydroxyl groups is 1. The molecule has 8 heteroatoms. The Balaban J connectivity index is 2.16. The minimum atomic E-state index is -1.23. The number of nitrogens with one attached hydrogen (secondary N) is 1. The molecule has 2 rings (SSSR count). The van der Waals surface area contributed by atoms with Crippen LogP contribution >= 0.6 is 11.6 Å². The van der Waals surface area contributed by atoms with E-state index in [1.54, 1.807) is 12.1 Å². The summed E-state index contributed by atoms with van der Waals surface area (Å²) >= 11 is 5.91. The Kier molecular flexibility index (Phi) is 5.92. The van der Waals surface area contributed by atoms with Gasteiger partial charge in [0, 0.05) is 29.9 Å². The van der Waals surface area contributed by atoms with Crippen molar-refractivity contribution in [1.29, 1.82) is 0 Å². The fourth-order valence-electron chi connectivity index (χ4n) is 2.84. The summed E-state index contributed by atoms with van der Waals surface area (Å²) in [7, 11) is 0. The molecule has 140 valence electrons. The summed E-state index contributed by atoms with van der Waals surface area (Å²) in [6.07, 6.45) is 0.137. The second kappa shape index (κ2) is 7.78. The van der Waals surface area contributed by atoms with Gasteiger partial charge in [0.2, 0.25) is 0 Å². The van der Waals surface area contributed by atoms with Crippen LogP contribution in [0.25, 0.3) is 0 Å². The van der Waals surface area contributed by atoms with Gasteiger partial charge in [-0.05, 0) is 17.7 Å². The van der Waals surface area contributed by atoms with E-state index in [9.17, 15) is 19.5 Å². The third-order valence-corrected chi connectivity index (χ3v) is 4.50. The SMILES string of the molecule is CC(C)(CN1CCC(O)=C(C(=O)NCC(=O)O)C1=O)c1ccc(Cl)cc1. The maximum Gasteiger partial charge on any atom is 0.322 e. The molecule has 0 aromatic heterocycles. The van der Waals surface area contributed by atoms with E-state index in [1.807, 2.05) is 26.0 Å². The maximum absolute atomic E-state index is 12.7. The number of aliphatic carboxylic acids is 1. The number of aliphatic hydroxyl groups excluding tert-OH is 1. The summed E-state index contributed by atoms with van der Waals surface area (Å²) in [5.74, 6) is -3.05. The van der Waals surface area contributed by atoms with Crippen LogP contribution in [-0.2, 0) is 19.8 Å². The van der Waals surface area contributed by atoms with Gasteiger partial charge in [-0.15, -0.1) is 0 Å². The van der Waals surface area contributed by atoms with Crippen LogP contribution in [0.5, 0.6) is 0 Å². The molecule has 0 radical (unpaired) electrons. The third kappa shape index (κ3) is 4.54. The summed E-state index contributed by atoms with van der Waals surface area (Å²) in [5, 5.41) is 21.3. The zero-order chi connectivity index (χ0) is 19.5. The van der Waals surface area contributed by atoms with Gasteiger partial charge in [0.1, 0.15) is 17.9 Å². The highest BCUT2D eigenvalue weighted by molar-refractivity contribution is 6.30. The Labute approximate surface area is 156 Å². The van der Waals surface area contributed by atoms with Crippen molar-refractivity contribution in [1.82, 2.24) is 10.2 Å². The van der Waals surface area contributed by atoms with E-state index < -0.39 is 35.3 Å². The van der Waals surface area contributed by atoms with E-state index in [0.717, 1.165) is 5.56 Å². The number of carboxylic acids is 1. The van der Waals surface area contributed by atoms with Gasteiger partial charge in [0.15, 0.2) is 0 Å². The van der Waals surface area contributed by atoms with Gasteiger partial charge in [0.25, 0.3) is 11.8 Å². The quantitative estimate of drug-likeness (QED) is 0.653. The van der Waals surface area contributed by atoms with Gasteiger partial charge in [0.05, 0.1) is 0 Å². The van der Waals surface area contributed by atoms with E-state index in [-0.39, 0.29) is 18.7 Å². The molecule has 7 nitrogen and oxygen atoms in total. The van der Waals surface area contributed by atoms with E-state index in [1.165, 1.54) is 4.90 Å². The van der Waals surface area contributed by atoms with Crippen molar-refractivity contribution in [3.05, 3.63) is 46.2 Å². The van der Waals surface area contributed by atoms with Crippen LogP contribution in [-0.4, -0.2) is 52.5 Å². The monoisotopic (exact) mass is 380 g/mol. The normalized spacial score (nSPS) is 15.2. The zero-order valence-corrected chi connectivity index (χ0v) is 15.3. The molecular weight excluding hydrogens is 360 g/mol. The fraction of sp³-hybridized carbons (Fsp3) is 0.389. The van der Waals surface area contributed by atoms with Gasteiger partial charge < -0.3 is 20.4 Å². The topological polar surface area (TPSA) is 107 Å². The summed E-state index contributed by atoms with van der Waals surface area (Å²) < 4.78 is 0. The number of carbonyl (C=O) groups is 3. The first-order valence-corrected chi connectivity index (χ1v) is 8.47. The fourth-order valence-corrected chi connectivity index (χ4v) is 2.97. The average molecular weight is 381 g/mol. The standard InChI is InChI=1S/C18H21ClN2O5/c1-18(2,11-3-5-12(19)6-4-11)10-21-8-7-13(22)15(17(21)26)16(25)20-9-14(23)24/h3-6,22H,7-10H2,1-2H3,(H,20,25)(H,23,24). The zero-order valence-electron chi connectivity index (χ0n) is 14.6. The van der Waals surface area contributed by atoms with Crippen molar-refractivity contribution in [2.75, 3.05) is 19.6 Å². The highest BCUT2D eigenvalue weighted by Crippen LogP contribution is 2.28. The Morgan fingerprint density at radius 3 is 2.46 bits per heavy atom. The molecule has 0 spiro atoms. The first-order valence-electron chi connectivity index (χ1n) is 8.09. The number of rotatable bonds is 6. The summed E-state index contributed by atoms with van der Waals surface area (Å²) in [5.41, 5.74) is 0.172. The summed E-state index contributed by atoms with van der Waals surface area (Å²) in [6, 6.07) is 7.30. The number of amides is 2. The minimum Gasteiger partial charge on any atom is -0.511 e. The Hall–Kier alpha value is -2.54. The van der Waals surface area contributed by atoms with Crippen LogP contribution in [0.2, 0.25) is 5.02 Å². The van der Waals surface area contributed by atoms with Crippen molar-refractivity contribution in [2.45, 2.75) is 25.7 Å². The average Bonchev–Trinajstić information content (AvgIpc) is 2.56. The van der Waals surface area contributed by atoms with Gasteiger partial charge >= 0.3 is 5.97 Å². The van der Waals surface area contributed by atoms with E-state index >= 15 is 0 Å². The number of nitrogens with zero attached hydrogens (tertiary/aromatic N) is 1. The van der Waals surface area contributed by atoms with Crippen molar-refractivity contribution >= 4 is 29.4 Å². The van der Waals surface area contributed by atoms with Gasteiger partial charge in [-0.3, -0.25) is 14.4 Å². The van der Waals surface area contributed by atoms with E-state index in [0.29, 0.717) is 11.6 Å². The molecule has 0 saturated carbocycles. The Bertz CT molecular complexity index is 755. The number of benzene rings is 1. The molecule has 0 bridgehead atoms. The van der Waals surface area contributed by atoms with Crippen LogP contribution in [0, 0.1) is 0 Å². The third-order valence-electron chi connectivity index (χ3n) is 4.25. The molecular formula is C18H21ClN2O5. The highest BCUT2D eigenvalue weighted by Gasteiger charge is 2.35. The predicted molar refractivity (Wildman–Crippen MR) is 96.0 cm³/mol. The molecule has 26 heavy (non-hydrogen) atoms. The second-order valence-electron chi connectivity index (χ2n) is 6.77. The van der Waals surface area contributed by atoms with Crippen molar-refractivity contribution in [3.8, 4) is 0 Å². The molecule has 1 aliphatic heterocycles. The van der Waals surface area contributed by atoms with Crippen LogP contribution in [0.15, 0.2) is 35.6 Å². The first kappa shape index (κ1) is 19.8. The second-order valence-corrected chi connectivity index (χ2v) is 7.20. The van der Waals surface area contributed by atoms with Gasteiger partial charge in [-0.2, -0.15) is 0 Å². The predicted octanol–water partition coefficient (Wildman–Crippen LogP) is 1.86. The molecule has 0 unspecified atom stereocenters. The maximum atomic E-state index is 12.7. The number of hydrogen-bond acceptors (Lipinski definition) is 4. The number of carbonyl (C=O) groups excluding carboxylic acids is 2. The van der Waals surface area contributed by atoms with Crippen molar-refractivity contribution < 1.29 is 24.6 Å². The molecule has 0 aliphatic carbocycles. The van der Waals surface area contributed by atoms with Crippen LogP contribution in [0.3, 0.4) is 0 Å². The minimum absolute atomic E-state index is 0.137. The molecule has 1 heterocycles. The summed E-state index contributed by atoms with van der Waals surface area (Å²) in [4.78, 5) is 36.8. The van der Waals surface area contributed by atoms with Crippen molar-refractivity contribution in [3.63, 3.8) is 0 Å². The molecule has 3 N–H and O–H groups in total. The van der Waals surface area contributed by atoms with Crippen LogP contribution in [0.1, 0.15) is 25.8 Å². The number of carboxylic acid groups (broad SMARTS) is 1. The molecule has 2 amide bonds. The lowest BCUT2D eigenvalue weighted by Gasteiger charge is -2.35. The molecule has 0 saturated heterocycles. The molecule has 1 aliphatic rings. The molecule has 0 atom stereocenters. The van der Waals surface area contributed by atoms with Gasteiger partial charge in [-0.25, -0.2) is 0 Å². The lowest BCUT2D eigenvalue weighted by molar-refractivity contribution is -0.138. The van der Waals surface area contributed by atoms with Crippen LogP contribution < -0.4 is 5.32 Å². The molecule has 0 fully saturated rings. The lowest BCUT2D eigenvalue weighted by atomic mass is 9.83. The first-order chi connectivity index (χ1) is 12.1. The highest BCUT2D eigenvalue weighted by atomic mass is 35.5.